The van der Waals surface area contributed by atoms with E-state index in [1.165, 1.54) is 11.3 Å². The van der Waals surface area contributed by atoms with Gasteiger partial charge < -0.3 is 9.32 Å². The topological polar surface area (TPSA) is 45.4 Å². The van der Waals surface area contributed by atoms with Crippen molar-refractivity contribution >= 4 is 5.69 Å². The smallest absolute Gasteiger partial charge is 0.247 e. The minimum absolute atomic E-state index is 0.124. The number of para-hydroxylation sites is 1. The highest BCUT2D eigenvalue weighted by atomic mass is 16.4. The van der Waals surface area contributed by atoms with Gasteiger partial charge in [-0.3, -0.25) is 4.90 Å². The van der Waals surface area contributed by atoms with Gasteiger partial charge in [0.05, 0.1) is 6.04 Å². The fraction of sp³-hybridized carbons (Fsp3) is 0.333. The molecule has 5 heteroatoms. The lowest BCUT2D eigenvalue weighted by Crippen LogP contribution is -2.47. The lowest BCUT2D eigenvalue weighted by atomic mass is 10.1. The molecule has 2 aromatic carbocycles. The second kappa shape index (κ2) is 7.30. The minimum Gasteiger partial charge on any atom is -0.419 e. The summed E-state index contributed by atoms with van der Waals surface area (Å²) in [4.78, 5) is 4.87. The average molecular weight is 348 g/mol. The molecule has 2 heterocycles. The van der Waals surface area contributed by atoms with Gasteiger partial charge in [0.25, 0.3) is 0 Å². The summed E-state index contributed by atoms with van der Waals surface area (Å²) in [5, 5.41) is 8.51. The number of nitrogens with zero attached hydrogens (tertiary/aromatic N) is 4. The van der Waals surface area contributed by atoms with Crippen molar-refractivity contribution < 1.29 is 4.42 Å². The van der Waals surface area contributed by atoms with Crippen LogP contribution in [0.5, 0.6) is 0 Å². The van der Waals surface area contributed by atoms with Gasteiger partial charge in [-0.1, -0.05) is 36.4 Å². The van der Waals surface area contributed by atoms with Crippen molar-refractivity contribution in [3.8, 4) is 11.5 Å². The van der Waals surface area contributed by atoms with E-state index in [4.69, 9.17) is 4.42 Å². The van der Waals surface area contributed by atoms with Crippen molar-refractivity contribution in [1.29, 1.82) is 0 Å². The predicted molar refractivity (Wildman–Crippen MR) is 103 cm³/mol. The van der Waals surface area contributed by atoms with Crippen molar-refractivity contribution in [2.24, 2.45) is 0 Å². The molecule has 1 aliphatic heterocycles. The number of rotatable bonds is 4. The summed E-state index contributed by atoms with van der Waals surface area (Å²) in [7, 11) is 0. The molecule has 5 nitrogen and oxygen atoms in total. The molecule has 134 valence electrons. The van der Waals surface area contributed by atoms with Gasteiger partial charge in [-0.15, -0.1) is 10.2 Å². The van der Waals surface area contributed by atoms with Gasteiger partial charge in [-0.2, -0.15) is 0 Å². The van der Waals surface area contributed by atoms with E-state index in [1.54, 1.807) is 0 Å². The first-order valence-electron chi connectivity index (χ1n) is 9.16. The second-order valence-electron chi connectivity index (χ2n) is 6.80. The maximum Gasteiger partial charge on any atom is 0.247 e. The number of hydrogen-bond acceptors (Lipinski definition) is 5. The molecule has 0 saturated carbocycles. The molecule has 1 aliphatic rings. The fourth-order valence-electron chi connectivity index (χ4n) is 3.53. The Labute approximate surface area is 154 Å². The summed E-state index contributed by atoms with van der Waals surface area (Å²) in [5.74, 6) is 1.28. The monoisotopic (exact) mass is 348 g/mol. The molecule has 1 aromatic heterocycles. The zero-order chi connectivity index (χ0) is 17.9. The van der Waals surface area contributed by atoms with Crippen LogP contribution in [0.25, 0.3) is 11.5 Å². The quantitative estimate of drug-likeness (QED) is 0.715. The van der Waals surface area contributed by atoms with Crippen molar-refractivity contribution in [1.82, 2.24) is 15.1 Å². The van der Waals surface area contributed by atoms with Gasteiger partial charge in [0.2, 0.25) is 11.8 Å². The van der Waals surface area contributed by atoms with E-state index >= 15 is 0 Å². The molecule has 0 spiro atoms. The number of benzene rings is 2. The number of aryl methyl sites for hydroxylation is 1. The fourth-order valence-corrected chi connectivity index (χ4v) is 3.53. The first kappa shape index (κ1) is 16.8. The molecule has 1 atom stereocenters. The Hall–Kier alpha value is -2.66. The lowest BCUT2D eigenvalue weighted by Gasteiger charge is -2.38. The minimum atomic E-state index is 0.124. The highest BCUT2D eigenvalue weighted by Crippen LogP contribution is 2.26. The Morgan fingerprint density at radius 3 is 2.31 bits per heavy atom. The molecule has 3 aromatic rings. The standard InChI is InChI=1S/C21H24N4O/c1-16-8-6-7-11-19(16)25-14-12-24(13-15-25)17(2)20-22-23-21(26-20)18-9-4-3-5-10-18/h3-11,17H,12-15H2,1-2H3/t17-/m0/s1. The summed E-state index contributed by atoms with van der Waals surface area (Å²) in [6, 6.07) is 18.6. The van der Waals surface area contributed by atoms with Gasteiger partial charge in [-0.25, -0.2) is 0 Å². The molecule has 0 aliphatic carbocycles. The molecule has 0 amide bonds. The van der Waals surface area contributed by atoms with Gasteiger partial charge in [0.15, 0.2) is 0 Å². The maximum atomic E-state index is 5.94. The van der Waals surface area contributed by atoms with E-state index in [0.717, 1.165) is 31.7 Å². The normalized spacial score (nSPS) is 16.6. The molecule has 0 bridgehead atoms. The van der Waals surface area contributed by atoms with Gasteiger partial charge in [-0.05, 0) is 37.6 Å². The van der Waals surface area contributed by atoms with Crippen LogP contribution >= 0.6 is 0 Å². The third-order valence-electron chi connectivity index (χ3n) is 5.14. The molecule has 26 heavy (non-hydrogen) atoms. The first-order valence-corrected chi connectivity index (χ1v) is 9.16. The Bertz CT molecular complexity index is 853. The summed E-state index contributed by atoms with van der Waals surface area (Å²) in [5.41, 5.74) is 3.63. The van der Waals surface area contributed by atoms with E-state index in [2.05, 4.69) is 58.1 Å². The van der Waals surface area contributed by atoms with Crippen LogP contribution in [0.1, 0.15) is 24.4 Å². The van der Waals surface area contributed by atoms with E-state index in [1.807, 2.05) is 30.3 Å². The van der Waals surface area contributed by atoms with Crippen LogP contribution in [0.2, 0.25) is 0 Å². The van der Waals surface area contributed by atoms with E-state index in [0.29, 0.717) is 11.8 Å². The van der Waals surface area contributed by atoms with Crippen LogP contribution in [0.15, 0.2) is 59.0 Å². The van der Waals surface area contributed by atoms with E-state index in [-0.39, 0.29) is 6.04 Å². The van der Waals surface area contributed by atoms with Crippen LogP contribution in [-0.4, -0.2) is 41.3 Å². The van der Waals surface area contributed by atoms with E-state index < -0.39 is 0 Å². The maximum absolute atomic E-state index is 5.94. The van der Waals surface area contributed by atoms with Gasteiger partial charge in [0, 0.05) is 37.4 Å². The number of piperazine rings is 1. The van der Waals surface area contributed by atoms with E-state index in [9.17, 15) is 0 Å². The summed E-state index contributed by atoms with van der Waals surface area (Å²) in [6.07, 6.45) is 0. The summed E-state index contributed by atoms with van der Waals surface area (Å²) >= 11 is 0. The average Bonchev–Trinajstić information content (AvgIpc) is 3.19. The van der Waals surface area contributed by atoms with Crippen molar-refractivity contribution in [2.45, 2.75) is 19.9 Å². The molecule has 1 saturated heterocycles. The third-order valence-corrected chi connectivity index (χ3v) is 5.14. The van der Waals surface area contributed by atoms with Gasteiger partial charge >= 0.3 is 0 Å². The van der Waals surface area contributed by atoms with Crippen molar-refractivity contribution in [2.75, 3.05) is 31.1 Å². The Kier molecular flexibility index (Phi) is 4.71. The number of anilines is 1. The molecule has 4 rings (SSSR count). The molecule has 0 N–H and O–H groups in total. The van der Waals surface area contributed by atoms with Crippen LogP contribution < -0.4 is 4.90 Å². The molecule has 1 fully saturated rings. The first-order chi connectivity index (χ1) is 12.7. The number of aromatic nitrogens is 2. The Balaban J connectivity index is 1.42. The molecular formula is C21H24N4O. The zero-order valence-electron chi connectivity index (χ0n) is 15.3. The van der Waals surface area contributed by atoms with Crippen molar-refractivity contribution in [3.63, 3.8) is 0 Å². The largest absolute Gasteiger partial charge is 0.419 e. The third kappa shape index (κ3) is 3.35. The summed E-state index contributed by atoms with van der Waals surface area (Å²) < 4.78 is 5.94. The predicted octanol–water partition coefficient (Wildman–Crippen LogP) is 3.93. The SMILES string of the molecule is Cc1ccccc1N1CCN([C@@H](C)c2nnc(-c3ccccc3)o2)CC1. The Morgan fingerprint density at radius 2 is 1.58 bits per heavy atom. The molecular weight excluding hydrogens is 324 g/mol. The highest BCUT2D eigenvalue weighted by Gasteiger charge is 2.26. The Morgan fingerprint density at radius 1 is 0.885 bits per heavy atom. The lowest BCUT2D eigenvalue weighted by molar-refractivity contribution is 0.173. The highest BCUT2D eigenvalue weighted by molar-refractivity contribution is 5.53. The molecule has 0 radical (unpaired) electrons. The van der Waals surface area contributed by atoms with Crippen molar-refractivity contribution in [3.05, 3.63) is 66.1 Å². The molecule has 0 unspecified atom stereocenters. The zero-order valence-corrected chi connectivity index (χ0v) is 15.3. The van der Waals surface area contributed by atoms with Gasteiger partial charge in [0.1, 0.15) is 0 Å². The van der Waals surface area contributed by atoms with Crippen LogP contribution in [0.4, 0.5) is 5.69 Å². The van der Waals surface area contributed by atoms with Crippen LogP contribution in [0, 0.1) is 6.92 Å². The second-order valence-corrected chi connectivity index (χ2v) is 6.80. The van der Waals surface area contributed by atoms with Crippen LogP contribution in [0.3, 0.4) is 0 Å². The summed E-state index contributed by atoms with van der Waals surface area (Å²) in [6.45, 7) is 8.31. The van der Waals surface area contributed by atoms with Crippen LogP contribution in [-0.2, 0) is 0 Å². The number of hydrogen-bond donors (Lipinski definition) is 0.